The Morgan fingerprint density at radius 2 is 2.03 bits per heavy atom. The standard InChI is InChI=1S/C23H27N5O/c1-17(2)23-25-10-12-28(23)21-15-24-14-20(26-21)19-9-6-11-27(16-19)22(29)13-18-7-4-3-5-8-18/h3-5,7-8,10,12,14-15,17,19H,6,9,11,13,16H2,1-2H3/t19-/m1/s1. The fourth-order valence-electron chi connectivity index (χ4n) is 3.95. The molecule has 29 heavy (non-hydrogen) atoms. The number of benzene rings is 1. The molecule has 1 aliphatic heterocycles. The van der Waals surface area contributed by atoms with Gasteiger partial charge < -0.3 is 4.90 Å². The van der Waals surface area contributed by atoms with E-state index in [4.69, 9.17) is 4.98 Å². The Morgan fingerprint density at radius 1 is 1.21 bits per heavy atom. The lowest BCUT2D eigenvalue weighted by Crippen LogP contribution is -2.40. The van der Waals surface area contributed by atoms with Crippen molar-refractivity contribution in [2.45, 2.75) is 44.9 Å². The second-order valence-electron chi connectivity index (χ2n) is 7.95. The molecular formula is C23H27N5O. The highest BCUT2D eigenvalue weighted by Gasteiger charge is 2.26. The van der Waals surface area contributed by atoms with Crippen molar-refractivity contribution in [2.75, 3.05) is 13.1 Å². The van der Waals surface area contributed by atoms with Gasteiger partial charge in [0.25, 0.3) is 0 Å². The number of nitrogens with zero attached hydrogens (tertiary/aromatic N) is 5. The van der Waals surface area contributed by atoms with Gasteiger partial charge in [-0.3, -0.25) is 14.3 Å². The molecule has 0 unspecified atom stereocenters. The van der Waals surface area contributed by atoms with Crippen molar-refractivity contribution in [3.63, 3.8) is 0 Å². The third-order valence-electron chi connectivity index (χ3n) is 5.46. The van der Waals surface area contributed by atoms with Crippen molar-refractivity contribution in [2.24, 2.45) is 0 Å². The van der Waals surface area contributed by atoms with E-state index in [0.29, 0.717) is 18.9 Å². The lowest BCUT2D eigenvalue weighted by atomic mass is 9.94. The Balaban J connectivity index is 1.50. The molecule has 0 N–H and O–H groups in total. The predicted molar refractivity (Wildman–Crippen MR) is 112 cm³/mol. The third kappa shape index (κ3) is 4.36. The highest BCUT2D eigenvalue weighted by atomic mass is 16.2. The summed E-state index contributed by atoms with van der Waals surface area (Å²) in [6.07, 6.45) is 9.80. The van der Waals surface area contributed by atoms with Gasteiger partial charge in [-0.15, -0.1) is 0 Å². The monoisotopic (exact) mass is 389 g/mol. The first-order valence-corrected chi connectivity index (χ1v) is 10.3. The highest BCUT2D eigenvalue weighted by molar-refractivity contribution is 5.79. The third-order valence-corrected chi connectivity index (χ3v) is 5.46. The number of amides is 1. The summed E-state index contributed by atoms with van der Waals surface area (Å²) < 4.78 is 2.00. The van der Waals surface area contributed by atoms with Gasteiger partial charge in [0, 0.05) is 43.5 Å². The van der Waals surface area contributed by atoms with E-state index in [1.807, 2.05) is 52.2 Å². The van der Waals surface area contributed by atoms with Crippen molar-refractivity contribution >= 4 is 5.91 Å². The maximum atomic E-state index is 12.8. The van der Waals surface area contributed by atoms with Crippen LogP contribution in [0, 0.1) is 0 Å². The van der Waals surface area contributed by atoms with Gasteiger partial charge in [-0.05, 0) is 18.4 Å². The zero-order valence-corrected chi connectivity index (χ0v) is 17.0. The van der Waals surface area contributed by atoms with Crippen molar-refractivity contribution < 1.29 is 4.79 Å². The minimum atomic E-state index is 0.182. The van der Waals surface area contributed by atoms with Crippen LogP contribution in [-0.4, -0.2) is 43.4 Å². The molecule has 1 fully saturated rings. The highest BCUT2D eigenvalue weighted by Crippen LogP contribution is 2.26. The zero-order valence-electron chi connectivity index (χ0n) is 17.0. The normalized spacial score (nSPS) is 16.9. The fraction of sp³-hybridized carbons (Fsp3) is 0.391. The summed E-state index contributed by atoms with van der Waals surface area (Å²) >= 11 is 0. The molecule has 1 aliphatic rings. The first-order valence-electron chi connectivity index (χ1n) is 10.3. The molecule has 2 aromatic heterocycles. The molecule has 1 saturated heterocycles. The summed E-state index contributed by atoms with van der Waals surface area (Å²) in [6.45, 7) is 5.75. The number of carbonyl (C=O) groups is 1. The number of rotatable bonds is 5. The van der Waals surface area contributed by atoms with Crippen LogP contribution in [0.2, 0.25) is 0 Å². The van der Waals surface area contributed by atoms with E-state index in [2.05, 4.69) is 23.8 Å². The van der Waals surface area contributed by atoms with Crippen LogP contribution >= 0.6 is 0 Å². The van der Waals surface area contributed by atoms with Gasteiger partial charge in [0.15, 0.2) is 5.82 Å². The first kappa shape index (κ1) is 19.3. The molecular weight excluding hydrogens is 362 g/mol. The second-order valence-corrected chi connectivity index (χ2v) is 7.95. The van der Waals surface area contributed by atoms with Crippen LogP contribution in [0.5, 0.6) is 0 Å². The molecule has 1 amide bonds. The molecule has 3 aromatic rings. The van der Waals surface area contributed by atoms with Crippen molar-refractivity contribution in [1.29, 1.82) is 0 Å². The molecule has 0 saturated carbocycles. The van der Waals surface area contributed by atoms with E-state index in [1.165, 1.54) is 0 Å². The van der Waals surface area contributed by atoms with E-state index < -0.39 is 0 Å². The first-order chi connectivity index (χ1) is 14.1. The minimum absolute atomic E-state index is 0.182. The topological polar surface area (TPSA) is 63.9 Å². The van der Waals surface area contributed by atoms with Gasteiger partial charge in [-0.25, -0.2) is 9.97 Å². The molecule has 1 atom stereocenters. The van der Waals surface area contributed by atoms with Crippen molar-refractivity contribution in [1.82, 2.24) is 24.4 Å². The summed E-state index contributed by atoms with van der Waals surface area (Å²) in [7, 11) is 0. The zero-order chi connectivity index (χ0) is 20.2. The quantitative estimate of drug-likeness (QED) is 0.667. The fourth-order valence-corrected chi connectivity index (χ4v) is 3.95. The van der Waals surface area contributed by atoms with Crippen LogP contribution in [-0.2, 0) is 11.2 Å². The predicted octanol–water partition coefficient (Wildman–Crippen LogP) is 3.73. The van der Waals surface area contributed by atoms with E-state index in [9.17, 15) is 4.79 Å². The average molecular weight is 390 g/mol. The number of imidazole rings is 1. The van der Waals surface area contributed by atoms with Crippen LogP contribution in [0.3, 0.4) is 0 Å². The van der Waals surface area contributed by atoms with Crippen LogP contribution in [0.1, 0.15) is 55.6 Å². The number of piperidine rings is 1. The molecule has 1 aromatic carbocycles. The number of hydrogen-bond acceptors (Lipinski definition) is 4. The Labute approximate surface area is 171 Å². The van der Waals surface area contributed by atoms with Crippen molar-refractivity contribution in [3.05, 3.63) is 72.2 Å². The van der Waals surface area contributed by atoms with Gasteiger partial charge in [0.2, 0.25) is 5.91 Å². The summed E-state index contributed by atoms with van der Waals surface area (Å²) in [4.78, 5) is 28.5. The Hall–Kier alpha value is -3.02. The van der Waals surface area contributed by atoms with Gasteiger partial charge >= 0.3 is 0 Å². The number of aromatic nitrogens is 4. The molecule has 4 rings (SSSR count). The van der Waals surface area contributed by atoms with E-state index in [0.717, 1.165) is 42.3 Å². The van der Waals surface area contributed by atoms with Crippen LogP contribution in [0.4, 0.5) is 0 Å². The SMILES string of the molecule is CC(C)c1nccn1-c1cncc([C@@H]2CCCN(C(=O)Cc3ccccc3)C2)n1. The van der Waals surface area contributed by atoms with Gasteiger partial charge in [0.05, 0.1) is 18.3 Å². The average Bonchev–Trinajstić information content (AvgIpc) is 3.25. The van der Waals surface area contributed by atoms with Crippen LogP contribution in [0.25, 0.3) is 5.82 Å². The largest absolute Gasteiger partial charge is 0.342 e. The van der Waals surface area contributed by atoms with Crippen LogP contribution < -0.4 is 0 Å². The minimum Gasteiger partial charge on any atom is -0.342 e. The molecule has 6 heteroatoms. The summed E-state index contributed by atoms with van der Waals surface area (Å²) in [5.41, 5.74) is 2.01. The molecule has 0 aliphatic carbocycles. The number of hydrogen-bond donors (Lipinski definition) is 0. The van der Waals surface area contributed by atoms with E-state index in [-0.39, 0.29) is 11.8 Å². The Kier molecular flexibility index (Phi) is 5.69. The summed E-state index contributed by atoms with van der Waals surface area (Å²) in [6, 6.07) is 9.94. The smallest absolute Gasteiger partial charge is 0.227 e. The molecule has 6 nitrogen and oxygen atoms in total. The van der Waals surface area contributed by atoms with E-state index >= 15 is 0 Å². The lowest BCUT2D eigenvalue weighted by Gasteiger charge is -2.32. The van der Waals surface area contributed by atoms with Gasteiger partial charge in [-0.2, -0.15) is 0 Å². The molecule has 0 radical (unpaired) electrons. The number of likely N-dealkylation sites (tertiary alicyclic amines) is 1. The lowest BCUT2D eigenvalue weighted by molar-refractivity contribution is -0.131. The van der Waals surface area contributed by atoms with E-state index in [1.54, 1.807) is 12.4 Å². The summed E-state index contributed by atoms with van der Waals surface area (Å²) in [5, 5.41) is 0. The Bertz CT molecular complexity index is 966. The maximum absolute atomic E-state index is 12.8. The number of carbonyl (C=O) groups excluding carboxylic acids is 1. The molecule has 150 valence electrons. The molecule has 0 bridgehead atoms. The van der Waals surface area contributed by atoms with Gasteiger partial charge in [0.1, 0.15) is 5.82 Å². The summed E-state index contributed by atoms with van der Waals surface area (Å²) in [5.74, 6) is 2.45. The van der Waals surface area contributed by atoms with Gasteiger partial charge in [-0.1, -0.05) is 44.2 Å². The maximum Gasteiger partial charge on any atom is 0.227 e. The molecule has 0 spiro atoms. The second kappa shape index (κ2) is 8.55. The molecule has 3 heterocycles. The van der Waals surface area contributed by atoms with Crippen molar-refractivity contribution in [3.8, 4) is 5.82 Å². The Morgan fingerprint density at radius 3 is 2.83 bits per heavy atom. The van der Waals surface area contributed by atoms with Crippen LogP contribution in [0.15, 0.2) is 55.1 Å².